The normalized spacial score (nSPS) is 22.3. The fourth-order valence-electron chi connectivity index (χ4n) is 3.28. The van der Waals surface area contributed by atoms with Crippen LogP contribution in [0.3, 0.4) is 0 Å². The molecule has 0 radical (unpaired) electrons. The molecule has 2 atom stereocenters. The van der Waals surface area contributed by atoms with Crippen molar-refractivity contribution in [2.75, 3.05) is 6.61 Å². The molecule has 1 aliphatic carbocycles. The first-order valence-electron chi connectivity index (χ1n) is 7.40. The van der Waals surface area contributed by atoms with Crippen molar-refractivity contribution in [3.05, 3.63) is 60.7 Å². The molecule has 20 heavy (non-hydrogen) atoms. The minimum atomic E-state index is -0.357. The highest BCUT2D eigenvalue weighted by Gasteiger charge is 2.34. The molecule has 104 valence electrons. The van der Waals surface area contributed by atoms with Crippen molar-refractivity contribution in [1.29, 1.82) is 0 Å². The van der Waals surface area contributed by atoms with Crippen molar-refractivity contribution in [2.45, 2.75) is 24.9 Å². The summed E-state index contributed by atoms with van der Waals surface area (Å²) in [5.74, 6) is 0.474. The minimum Gasteiger partial charge on any atom is -0.396 e. The Hall–Kier alpha value is -1.17. The van der Waals surface area contributed by atoms with Crippen molar-refractivity contribution in [2.24, 2.45) is 5.92 Å². The summed E-state index contributed by atoms with van der Waals surface area (Å²) in [7, 11) is -0.357. The first kappa shape index (κ1) is 13.8. The Labute approximate surface area is 122 Å². The number of hydrogen-bond donors (Lipinski definition) is 1. The molecule has 1 N–H and O–H groups in total. The van der Waals surface area contributed by atoms with E-state index < -0.39 is 0 Å². The molecular weight excluding hydrogens is 263 g/mol. The molecule has 0 bridgehead atoms. The average molecular weight is 284 g/mol. The Kier molecular flexibility index (Phi) is 4.50. The van der Waals surface area contributed by atoms with Crippen LogP contribution >= 0.6 is 7.92 Å². The molecule has 1 fully saturated rings. The number of hydrogen-bond acceptors (Lipinski definition) is 1. The van der Waals surface area contributed by atoms with Crippen LogP contribution < -0.4 is 10.6 Å². The molecule has 0 saturated heterocycles. The lowest BCUT2D eigenvalue weighted by molar-refractivity contribution is 0.232. The summed E-state index contributed by atoms with van der Waals surface area (Å²) in [4.78, 5) is 0. The van der Waals surface area contributed by atoms with Crippen molar-refractivity contribution < 1.29 is 5.11 Å². The Morgan fingerprint density at radius 1 is 0.850 bits per heavy atom. The van der Waals surface area contributed by atoms with Gasteiger partial charge in [-0.15, -0.1) is 0 Å². The fourth-order valence-corrected chi connectivity index (χ4v) is 6.44. The van der Waals surface area contributed by atoms with E-state index in [1.807, 2.05) is 0 Å². The lowest BCUT2D eigenvalue weighted by atomic mass is 10.1. The monoisotopic (exact) mass is 284 g/mol. The third kappa shape index (κ3) is 2.80. The lowest BCUT2D eigenvalue weighted by Crippen LogP contribution is -2.26. The highest BCUT2D eigenvalue weighted by Crippen LogP contribution is 2.49. The largest absolute Gasteiger partial charge is 0.396 e. The summed E-state index contributed by atoms with van der Waals surface area (Å²) in [5, 5.41) is 12.6. The van der Waals surface area contributed by atoms with Crippen LogP contribution in [0.2, 0.25) is 0 Å². The van der Waals surface area contributed by atoms with Crippen LogP contribution in [0.4, 0.5) is 0 Å². The fraction of sp³-hybridized carbons (Fsp3) is 0.333. The van der Waals surface area contributed by atoms with E-state index in [1.54, 1.807) is 0 Å². The average Bonchev–Trinajstić information content (AvgIpc) is 2.98. The topological polar surface area (TPSA) is 20.2 Å². The van der Waals surface area contributed by atoms with E-state index in [4.69, 9.17) is 0 Å². The van der Waals surface area contributed by atoms with Crippen LogP contribution in [0.15, 0.2) is 60.7 Å². The second-order valence-electron chi connectivity index (χ2n) is 5.48. The summed E-state index contributed by atoms with van der Waals surface area (Å²) in [6.07, 6.45) is 3.69. The van der Waals surface area contributed by atoms with Crippen molar-refractivity contribution in [1.82, 2.24) is 0 Å². The highest BCUT2D eigenvalue weighted by molar-refractivity contribution is 7.73. The number of aliphatic hydroxyl groups is 1. The van der Waals surface area contributed by atoms with Crippen LogP contribution in [-0.2, 0) is 0 Å². The summed E-state index contributed by atoms with van der Waals surface area (Å²) < 4.78 is 0. The van der Waals surface area contributed by atoms with E-state index in [-0.39, 0.29) is 7.92 Å². The third-order valence-corrected chi connectivity index (χ3v) is 7.31. The van der Waals surface area contributed by atoms with Gasteiger partial charge in [-0.25, -0.2) is 0 Å². The van der Waals surface area contributed by atoms with Crippen molar-refractivity contribution in [3.8, 4) is 0 Å². The van der Waals surface area contributed by atoms with E-state index in [2.05, 4.69) is 60.7 Å². The molecule has 0 aromatic heterocycles. The predicted molar refractivity (Wildman–Crippen MR) is 87.3 cm³/mol. The Bertz CT molecular complexity index is 486. The van der Waals surface area contributed by atoms with Gasteiger partial charge in [0, 0.05) is 6.61 Å². The predicted octanol–water partition coefficient (Wildman–Crippen LogP) is 3.28. The maximum absolute atomic E-state index is 9.69. The zero-order chi connectivity index (χ0) is 13.8. The van der Waals surface area contributed by atoms with E-state index in [0.29, 0.717) is 18.2 Å². The van der Waals surface area contributed by atoms with Gasteiger partial charge in [-0.05, 0) is 42.9 Å². The van der Waals surface area contributed by atoms with Gasteiger partial charge in [0.2, 0.25) is 0 Å². The Balaban J connectivity index is 2.00. The van der Waals surface area contributed by atoms with Gasteiger partial charge in [-0.3, -0.25) is 0 Å². The van der Waals surface area contributed by atoms with E-state index in [1.165, 1.54) is 29.9 Å². The molecular formula is C18H21OP. The molecule has 2 unspecified atom stereocenters. The van der Waals surface area contributed by atoms with Crippen LogP contribution in [0.1, 0.15) is 19.3 Å². The zero-order valence-electron chi connectivity index (χ0n) is 11.7. The van der Waals surface area contributed by atoms with Gasteiger partial charge in [-0.1, -0.05) is 67.1 Å². The van der Waals surface area contributed by atoms with Gasteiger partial charge in [-0.2, -0.15) is 0 Å². The summed E-state index contributed by atoms with van der Waals surface area (Å²) in [6.45, 7) is 0.336. The third-order valence-electron chi connectivity index (χ3n) is 4.25. The van der Waals surface area contributed by atoms with E-state index in [0.717, 1.165) is 0 Å². The van der Waals surface area contributed by atoms with Crippen LogP contribution in [0.5, 0.6) is 0 Å². The molecule has 2 aromatic rings. The molecule has 3 rings (SSSR count). The van der Waals surface area contributed by atoms with Crippen LogP contribution in [0.25, 0.3) is 0 Å². The molecule has 2 heteroatoms. The van der Waals surface area contributed by atoms with E-state index >= 15 is 0 Å². The summed E-state index contributed by atoms with van der Waals surface area (Å²) in [5.41, 5.74) is 0.625. The van der Waals surface area contributed by atoms with Crippen molar-refractivity contribution in [3.63, 3.8) is 0 Å². The Morgan fingerprint density at radius 2 is 1.40 bits per heavy atom. The highest BCUT2D eigenvalue weighted by atomic mass is 31.1. The molecule has 0 spiro atoms. The number of rotatable bonds is 4. The Morgan fingerprint density at radius 3 is 1.90 bits per heavy atom. The molecule has 0 aliphatic heterocycles. The van der Waals surface area contributed by atoms with E-state index in [9.17, 15) is 5.11 Å². The molecule has 1 nitrogen and oxygen atoms in total. The zero-order valence-corrected chi connectivity index (χ0v) is 12.5. The quantitative estimate of drug-likeness (QED) is 0.854. The van der Waals surface area contributed by atoms with Crippen LogP contribution in [0, 0.1) is 5.92 Å². The standard InChI is InChI=1S/C18H21OP/c19-14-15-8-7-13-18(15)20(16-9-3-1-4-10-16)17-11-5-2-6-12-17/h1-6,9-12,15,18-19H,7-8,13-14H2. The maximum atomic E-state index is 9.69. The minimum absolute atomic E-state index is 0.336. The second kappa shape index (κ2) is 6.52. The van der Waals surface area contributed by atoms with Gasteiger partial charge in [0.05, 0.1) is 0 Å². The maximum Gasteiger partial charge on any atom is 0.0465 e. The van der Waals surface area contributed by atoms with Gasteiger partial charge < -0.3 is 5.11 Å². The SMILES string of the molecule is OCC1CCCC1P(c1ccccc1)c1ccccc1. The first-order valence-corrected chi connectivity index (χ1v) is 8.81. The molecule has 1 aliphatic rings. The van der Waals surface area contributed by atoms with Gasteiger partial charge in [0.15, 0.2) is 0 Å². The van der Waals surface area contributed by atoms with Crippen molar-refractivity contribution >= 4 is 18.5 Å². The first-order chi connectivity index (χ1) is 9.90. The summed E-state index contributed by atoms with van der Waals surface area (Å²) >= 11 is 0. The lowest BCUT2D eigenvalue weighted by Gasteiger charge is -2.29. The molecule has 1 saturated carbocycles. The van der Waals surface area contributed by atoms with Gasteiger partial charge in [0.25, 0.3) is 0 Å². The summed E-state index contributed by atoms with van der Waals surface area (Å²) in [6, 6.07) is 21.7. The van der Waals surface area contributed by atoms with Crippen LogP contribution in [-0.4, -0.2) is 17.4 Å². The number of aliphatic hydroxyl groups excluding tert-OH is 1. The second-order valence-corrected chi connectivity index (χ2v) is 7.92. The number of benzene rings is 2. The molecule has 0 amide bonds. The molecule has 2 aromatic carbocycles. The van der Waals surface area contributed by atoms with Gasteiger partial charge in [0.1, 0.15) is 0 Å². The smallest absolute Gasteiger partial charge is 0.0465 e. The van der Waals surface area contributed by atoms with Gasteiger partial charge >= 0.3 is 0 Å². The molecule has 0 heterocycles.